The van der Waals surface area contributed by atoms with Crippen molar-refractivity contribution in [2.24, 2.45) is 5.41 Å². The first-order chi connectivity index (χ1) is 8.20. The molecule has 18 heavy (non-hydrogen) atoms. The van der Waals surface area contributed by atoms with Gasteiger partial charge < -0.3 is 10.1 Å². The van der Waals surface area contributed by atoms with Crippen LogP contribution in [0.4, 0.5) is 5.82 Å². The van der Waals surface area contributed by atoms with Crippen molar-refractivity contribution in [3.63, 3.8) is 0 Å². The second-order valence-electron chi connectivity index (χ2n) is 5.41. The van der Waals surface area contributed by atoms with Crippen LogP contribution >= 0.6 is 0 Å². The van der Waals surface area contributed by atoms with Gasteiger partial charge in [0.05, 0.1) is 12.5 Å². The number of esters is 1. The maximum Gasteiger partial charge on any atom is 0.313 e. The van der Waals surface area contributed by atoms with Crippen LogP contribution in [0.1, 0.15) is 33.4 Å². The third kappa shape index (κ3) is 2.78. The lowest BCUT2D eigenvalue weighted by Crippen LogP contribution is -2.51. The summed E-state index contributed by atoms with van der Waals surface area (Å²) >= 11 is 0. The van der Waals surface area contributed by atoms with Crippen LogP contribution in [0.15, 0.2) is 12.4 Å². The quantitative estimate of drug-likeness (QED) is 0.831. The van der Waals surface area contributed by atoms with E-state index in [1.165, 1.54) is 13.4 Å². The third-order valence-corrected chi connectivity index (χ3v) is 3.50. The Morgan fingerprint density at radius 2 is 1.89 bits per heavy atom. The summed E-state index contributed by atoms with van der Waals surface area (Å²) in [5, 5.41) is 3.26. The summed E-state index contributed by atoms with van der Waals surface area (Å²) in [6, 6.07) is 1.84. The van der Waals surface area contributed by atoms with Crippen LogP contribution in [0.25, 0.3) is 0 Å². The van der Waals surface area contributed by atoms with Crippen molar-refractivity contribution in [2.75, 3.05) is 12.4 Å². The van der Waals surface area contributed by atoms with Crippen LogP contribution < -0.4 is 5.32 Å². The van der Waals surface area contributed by atoms with Gasteiger partial charge in [-0.05, 0) is 34.6 Å². The van der Waals surface area contributed by atoms with Gasteiger partial charge in [-0.25, -0.2) is 9.97 Å². The predicted octanol–water partition coefficient (Wildman–Crippen LogP) is 2.17. The number of ether oxygens (including phenoxy) is 1. The molecule has 5 nitrogen and oxygen atoms in total. The molecular formula is C13H21N3O2. The average molecular weight is 251 g/mol. The van der Waals surface area contributed by atoms with E-state index in [0.29, 0.717) is 5.82 Å². The van der Waals surface area contributed by atoms with Gasteiger partial charge in [0.15, 0.2) is 0 Å². The Kier molecular flexibility index (Phi) is 3.94. The highest BCUT2D eigenvalue weighted by Gasteiger charge is 2.44. The van der Waals surface area contributed by atoms with Crippen LogP contribution in [-0.2, 0) is 9.53 Å². The Morgan fingerprint density at radius 3 is 2.39 bits per heavy atom. The zero-order chi connectivity index (χ0) is 14.0. The fourth-order valence-corrected chi connectivity index (χ4v) is 1.51. The highest BCUT2D eigenvalue weighted by Crippen LogP contribution is 2.34. The lowest BCUT2D eigenvalue weighted by molar-refractivity contribution is -0.153. The molecule has 100 valence electrons. The zero-order valence-electron chi connectivity index (χ0n) is 11.9. The molecule has 1 heterocycles. The molecule has 1 rings (SSSR count). The van der Waals surface area contributed by atoms with Crippen molar-refractivity contribution >= 4 is 11.8 Å². The maximum absolute atomic E-state index is 11.8. The summed E-state index contributed by atoms with van der Waals surface area (Å²) in [5.41, 5.74) is -0.305. The number of nitrogens with zero attached hydrogens (tertiary/aromatic N) is 2. The average Bonchev–Trinajstić information content (AvgIpc) is 2.27. The van der Waals surface area contributed by atoms with E-state index in [4.69, 9.17) is 4.74 Å². The van der Waals surface area contributed by atoms with Gasteiger partial charge in [-0.1, -0.05) is 0 Å². The zero-order valence-corrected chi connectivity index (χ0v) is 11.9. The lowest BCUT2D eigenvalue weighted by atomic mass is 9.74. The molecule has 1 N–H and O–H groups in total. The van der Waals surface area contributed by atoms with Crippen molar-refractivity contribution in [3.05, 3.63) is 18.1 Å². The second-order valence-corrected chi connectivity index (χ2v) is 5.41. The standard InChI is InChI=1S/C13H21N3O2/c1-9-7-10(15-8-14-9)16-13(4,5)12(2,3)11(17)18-6/h7-8H,1-6H3,(H,14,15,16). The summed E-state index contributed by atoms with van der Waals surface area (Å²) in [6.45, 7) is 9.48. The van der Waals surface area contributed by atoms with Gasteiger partial charge in [0.2, 0.25) is 0 Å². The summed E-state index contributed by atoms with van der Waals surface area (Å²) in [6.07, 6.45) is 1.50. The largest absolute Gasteiger partial charge is 0.469 e. The minimum Gasteiger partial charge on any atom is -0.469 e. The van der Waals surface area contributed by atoms with Gasteiger partial charge in [-0.3, -0.25) is 4.79 Å². The molecule has 0 atom stereocenters. The van der Waals surface area contributed by atoms with Crippen LogP contribution in [-0.4, -0.2) is 28.6 Å². The fourth-order valence-electron chi connectivity index (χ4n) is 1.51. The summed E-state index contributed by atoms with van der Waals surface area (Å²) in [5.74, 6) is 0.440. The van der Waals surface area contributed by atoms with E-state index in [-0.39, 0.29) is 5.97 Å². The Labute approximate surface area is 108 Å². The molecule has 1 aromatic rings. The summed E-state index contributed by atoms with van der Waals surface area (Å²) in [7, 11) is 1.40. The number of rotatable bonds is 4. The van der Waals surface area contributed by atoms with Crippen LogP contribution in [0.5, 0.6) is 0 Å². The molecule has 0 saturated carbocycles. The predicted molar refractivity (Wildman–Crippen MR) is 70.3 cm³/mol. The Balaban J connectivity index is 2.97. The molecule has 0 saturated heterocycles. The number of aromatic nitrogens is 2. The lowest BCUT2D eigenvalue weighted by Gasteiger charge is -2.40. The monoisotopic (exact) mass is 251 g/mol. The molecule has 0 aliphatic rings. The number of anilines is 1. The second kappa shape index (κ2) is 4.92. The number of hydrogen-bond acceptors (Lipinski definition) is 5. The van der Waals surface area contributed by atoms with E-state index in [2.05, 4.69) is 15.3 Å². The van der Waals surface area contributed by atoms with Gasteiger partial charge in [0, 0.05) is 17.3 Å². The minimum absolute atomic E-state index is 0.259. The molecule has 0 spiro atoms. The minimum atomic E-state index is -0.680. The maximum atomic E-state index is 11.8. The van der Waals surface area contributed by atoms with Crippen molar-refractivity contribution in [2.45, 2.75) is 40.2 Å². The van der Waals surface area contributed by atoms with E-state index in [9.17, 15) is 4.79 Å². The number of carbonyl (C=O) groups is 1. The first kappa shape index (κ1) is 14.4. The first-order valence-electron chi connectivity index (χ1n) is 5.86. The van der Waals surface area contributed by atoms with E-state index in [1.54, 1.807) is 0 Å². The highest BCUT2D eigenvalue weighted by molar-refractivity contribution is 5.78. The number of aryl methyl sites for hydroxylation is 1. The highest BCUT2D eigenvalue weighted by atomic mass is 16.5. The molecule has 0 radical (unpaired) electrons. The molecule has 0 bridgehead atoms. The van der Waals surface area contributed by atoms with Crippen LogP contribution in [0, 0.1) is 12.3 Å². The Morgan fingerprint density at radius 1 is 1.28 bits per heavy atom. The third-order valence-electron chi connectivity index (χ3n) is 3.50. The normalized spacial score (nSPS) is 12.1. The number of hydrogen-bond donors (Lipinski definition) is 1. The molecular weight excluding hydrogens is 230 g/mol. The van der Waals surface area contributed by atoms with Crippen LogP contribution in [0.2, 0.25) is 0 Å². The van der Waals surface area contributed by atoms with Crippen molar-refractivity contribution in [3.8, 4) is 0 Å². The number of carbonyl (C=O) groups excluding carboxylic acids is 1. The molecule has 0 unspecified atom stereocenters. The van der Waals surface area contributed by atoms with E-state index in [0.717, 1.165) is 5.69 Å². The van der Waals surface area contributed by atoms with Gasteiger partial charge in [0.1, 0.15) is 12.1 Å². The van der Waals surface area contributed by atoms with Crippen molar-refractivity contribution < 1.29 is 9.53 Å². The van der Waals surface area contributed by atoms with E-state index >= 15 is 0 Å². The fraction of sp³-hybridized carbons (Fsp3) is 0.615. The van der Waals surface area contributed by atoms with Gasteiger partial charge >= 0.3 is 5.97 Å². The van der Waals surface area contributed by atoms with Crippen LogP contribution in [0.3, 0.4) is 0 Å². The Hall–Kier alpha value is -1.65. The molecule has 0 aliphatic heterocycles. The molecule has 0 aliphatic carbocycles. The molecule has 0 amide bonds. The van der Waals surface area contributed by atoms with E-state index in [1.807, 2.05) is 40.7 Å². The smallest absolute Gasteiger partial charge is 0.313 e. The van der Waals surface area contributed by atoms with Gasteiger partial charge in [-0.2, -0.15) is 0 Å². The summed E-state index contributed by atoms with van der Waals surface area (Å²) in [4.78, 5) is 20.0. The van der Waals surface area contributed by atoms with Gasteiger partial charge in [-0.15, -0.1) is 0 Å². The van der Waals surface area contributed by atoms with Crippen molar-refractivity contribution in [1.29, 1.82) is 0 Å². The van der Waals surface area contributed by atoms with Crippen molar-refractivity contribution in [1.82, 2.24) is 9.97 Å². The molecule has 0 aromatic carbocycles. The molecule has 1 aromatic heterocycles. The molecule has 5 heteroatoms. The first-order valence-corrected chi connectivity index (χ1v) is 5.86. The van der Waals surface area contributed by atoms with Gasteiger partial charge in [0.25, 0.3) is 0 Å². The summed E-state index contributed by atoms with van der Waals surface area (Å²) < 4.78 is 4.85. The number of methoxy groups -OCH3 is 1. The SMILES string of the molecule is COC(=O)C(C)(C)C(C)(C)Nc1cc(C)ncn1. The van der Waals surface area contributed by atoms with E-state index < -0.39 is 11.0 Å². The molecule has 0 fully saturated rings. The Bertz CT molecular complexity index is 442. The number of nitrogens with one attached hydrogen (secondary N) is 1. The topological polar surface area (TPSA) is 64.1 Å².